The van der Waals surface area contributed by atoms with Crippen molar-refractivity contribution < 1.29 is 9.53 Å². The van der Waals surface area contributed by atoms with Crippen molar-refractivity contribution in [2.24, 2.45) is 0 Å². The van der Waals surface area contributed by atoms with E-state index < -0.39 is 0 Å². The highest BCUT2D eigenvalue weighted by atomic mass is 16.5. The van der Waals surface area contributed by atoms with Crippen molar-refractivity contribution in [1.29, 1.82) is 0 Å². The number of ether oxygens (including phenoxy) is 1. The van der Waals surface area contributed by atoms with Gasteiger partial charge in [-0.2, -0.15) is 4.68 Å². The van der Waals surface area contributed by atoms with E-state index in [0.29, 0.717) is 18.1 Å². The average Bonchev–Trinajstić information content (AvgIpc) is 3.13. The molecular weight excluding hydrogens is 346 g/mol. The van der Waals surface area contributed by atoms with Gasteiger partial charge in [0.05, 0.1) is 18.9 Å². The maximum absolute atomic E-state index is 12.4. The van der Waals surface area contributed by atoms with Gasteiger partial charge in [-0.25, -0.2) is 4.79 Å². The highest BCUT2D eigenvalue weighted by Gasteiger charge is 2.31. The fourth-order valence-electron chi connectivity index (χ4n) is 3.20. The van der Waals surface area contributed by atoms with Crippen molar-refractivity contribution in [3.05, 3.63) is 30.1 Å². The Morgan fingerprint density at radius 3 is 2.78 bits per heavy atom. The van der Waals surface area contributed by atoms with Crippen molar-refractivity contribution in [2.45, 2.75) is 32.7 Å². The van der Waals surface area contributed by atoms with Crippen LogP contribution in [0, 0.1) is 6.92 Å². The highest BCUT2D eigenvalue weighted by Crippen LogP contribution is 2.20. The summed E-state index contributed by atoms with van der Waals surface area (Å²) in [5.41, 5.74) is 1.39. The number of carbonyl (C=O) groups is 1. The molecule has 0 radical (unpaired) electrons. The van der Waals surface area contributed by atoms with Crippen molar-refractivity contribution in [3.63, 3.8) is 0 Å². The zero-order chi connectivity index (χ0) is 19.3. The largest absolute Gasteiger partial charge is 0.379 e. The molecule has 1 saturated heterocycles. The van der Waals surface area contributed by atoms with Gasteiger partial charge in [-0.05, 0) is 48.9 Å². The molecule has 27 heavy (non-hydrogen) atoms. The van der Waals surface area contributed by atoms with E-state index in [1.165, 1.54) is 0 Å². The second-order valence-corrected chi connectivity index (χ2v) is 6.95. The summed E-state index contributed by atoms with van der Waals surface area (Å²) in [5.74, 6) is 0.681. The summed E-state index contributed by atoms with van der Waals surface area (Å²) in [4.78, 5) is 14.8. The van der Waals surface area contributed by atoms with Crippen LogP contribution in [0.3, 0.4) is 0 Å². The number of aryl methyl sites for hydroxylation is 1. The Kier molecular flexibility index (Phi) is 6.02. The third-order valence-corrected chi connectivity index (χ3v) is 5.14. The van der Waals surface area contributed by atoms with Crippen LogP contribution in [0.1, 0.15) is 26.1 Å². The van der Waals surface area contributed by atoms with Gasteiger partial charge in [0.25, 0.3) is 0 Å². The summed E-state index contributed by atoms with van der Waals surface area (Å²) in [6, 6.07) is 7.19. The lowest BCUT2D eigenvalue weighted by molar-refractivity contribution is -0.0163. The average molecular weight is 373 g/mol. The van der Waals surface area contributed by atoms with Crippen LogP contribution >= 0.6 is 0 Å². The number of morpholine rings is 1. The molecule has 9 heteroatoms. The number of urea groups is 1. The van der Waals surface area contributed by atoms with Crippen LogP contribution in [-0.2, 0) is 4.74 Å². The van der Waals surface area contributed by atoms with Gasteiger partial charge in [0.1, 0.15) is 0 Å². The highest BCUT2D eigenvalue weighted by molar-refractivity contribution is 5.89. The molecule has 0 saturated carbocycles. The van der Waals surface area contributed by atoms with Crippen molar-refractivity contribution in [1.82, 2.24) is 30.4 Å². The summed E-state index contributed by atoms with van der Waals surface area (Å²) >= 11 is 0. The number of aromatic nitrogens is 4. The van der Waals surface area contributed by atoms with Crippen LogP contribution < -0.4 is 10.6 Å². The fraction of sp³-hybridized carbons (Fsp3) is 0.556. The van der Waals surface area contributed by atoms with E-state index >= 15 is 0 Å². The van der Waals surface area contributed by atoms with Crippen molar-refractivity contribution in [2.75, 3.05) is 38.2 Å². The molecule has 0 bridgehead atoms. The molecule has 1 aromatic heterocycles. The number of amides is 2. The van der Waals surface area contributed by atoms with Gasteiger partial charge in [0.2, 0.25) is 0 Å². The zero-order valence-electron chi connectivity index (χ0n) is 16.1. The maximum atomic E-state index is 12.4. The molecule has 1 aliphatic rings. The lowest BCUT2D eigenvalue weighted by Gasteiger charge is -2.43. The molecule has 1 fully saturated rings. The number of benzene rings is 1. The van der Waals surface area contributed by atoms with E-state index in [2.05, 4.69) is 44.9 Å². The van der Waals surface area contributed by atoms with Gasteiger partial charge < -0.3 is 15.4 Å². The lowest BCUT2D eigenvalue weighted by atomic mass is 9.95. The van der Waals surface area contributed by atoms with Gasteiger partial charge in [0, 0.05) is 30.9 Å². The predicted octanol–water partition coefficient (Wildman–Crippen LogP) is 1.59. The molecule has 1 aromatic carbocycles. The molecule has 0 unspecified atom stereocenters. The van der Waals surface area contributed by atoms with Crippen LogP contribution in [0.25, 0.3) is 5.69 Å². The molecule has 3 rings (SSSR count). The van der Waals surface area contributed by atoms with E-state index in [-0.39, 0.29) is 11.6 Å². The first-order valence-corrected chi connectivity index (χ1v) is 9.25. The predicted molar refractivity (Wildman–Crippen MR) is 102 cm³/mol. The third kappa shape index (κ3) is 4.61. The number of nitrogens with one attached hydrogen (secondary N) is 2. The van der Waals surface area contributed by atoms with Gasteiger partial charge in [-0.1, -0.05) is 13.0 Å². The first-order valence-electron chi connectivity index (χ1n) is 9.25. The molecular formula is C18H27N7O2. The quantitative estimate of drug-likeness (QED) is 0.798. The molecule has 0 aliphatic carbocycles. The summed E-state index contributed by atoms with van der Waals surface area (Å²) in [5, 5.41) is 17.4. The maximum Gasteiger partial charge on any atom is 0.319 e. The third-order valence-electron chi connectivity index (χ3n) is 5.14. The van der Waals surface area contributed by atoms with Gasteiger partial charge in [-0.15, -0.1) is 5.10 Å². The number of hydrogen-bond donors (Lipinski definition) is 2. The topological polar surface area (TPSA) is 97.2 Å². The summed E-state index contributed by atoms with van der Waals surface area (Å²) in [6.45, 7) is 9.98. The first kappa shape index (κ1) is 19.2. The Hall–Kier alpha value is -2.52. The molecule has 146 valence electrons. The smallest absolute Gasteiger partial charge is 0.319 e. The van der Waals surface area contributed by atoms with Crippen LogP contribution in [0.2, 0.25) is 0 Å². The summed E-state index contributed by atoms with van der Waals surface area (Å²) in [6.07, 6.45) is 0.946. The Labute approximate surface area is 159 Å². The number of anilines is 1. The second kappa shape index (κ2) is 8.45. The minimum atomic E-state index is -0.228. The monoisotopic (exact) mass is 373 g/mol. The van der Waals surface area contributed by atoms with E-state index in [0.717, 1.165) is 38.4 Å². The van der Waals surface area contributed by atoms with Gasteiger partial charge >= 0.3 is 6.03 Å². The Morgan fingerprint density at radius 2 is 2.11 bits per heavy atom. The molecule has 2 heterocycles. The number of hydrogen-bond acceptors (Lipinski definition) is 6. The van der Waals surface area contributed by atoms with E-state index in [1.54, 1.807) is 4.68 Å². The van der Waals surface area contributed by atoms with Gasteiger partial charge in [0.15, 0.2) is 5.82 Å². The van der Waals surface area contributed by atoms with Crippen molar-refractivity contribution >= 4 is 11.7 Å². The molecule has 1 aliphatic heterocycles. The molecule has 2 amide bonds. The zero-order valence-corrected chi connectivity index (χ0v) is 16.1. The first-order chi connectivity index (χ1) is 13.0. The minimum absolute atomic E-state index is 0.0908. The SMILES string of the molecule is CC[C@](C)(CNC(=O)Nc1cccc(-n2nnnc2C)c1)N1CCOCC1. The normalized spacial score (nSPS) is 17.3. The van der Waals surface area contributed by atoms with Crippen molar-refractivity contribution in [3.8, 4) is 5.69 Å². The number of rotatable bonds is 6. The van der Waals surface area contributed by atoms with E-state index in [9.17, 15) is 4.79 Å². The molecule has 9 nitrogen and oxygen atoms in total. The van der Waals surface area contributed by atoms with E-state index in [4.69, 9.17) is 4.74 Å². The Bertz CT molecular complexity index is 773. The van der Waals surface area contributed by atoms with Gasteiger partial charge in [-0.3, -0.25) is 4.90 Å². The number of nitrogens with zero attached hydrogens (tertiary/aromatic N) is 5. The van der Waals surface area contributed by atoms with Crippen LogP contribution in [0.5, 0.6) is 0 Å². The molecule has 0 spiro atoms. The summed E-state index contributed by atoms with van der Waals surface area (Å²) < 4.78 is 7.06. The summed E-state index contributed by atoms with van der Waals surface area (Å²) in [7, 11) is 0. The fourth-order valence-corrected chi connectivity index (χ4v) is 3.20. The van der Waals surface area contributed by atoms with Crippen LogP contribution in [-0.4, -0.2) is 69.5 Å². The minimum Gasteiger partial charge on any atom is -0.379 e. The lowest BCUT2D eigenvalue weighted by Crippen LogP contribution is -2.57. The van der Waals surface area contributed by atoms with Crippen LogP contribution in [0.15, 0.2) is 24.3 Å². The molecule has 1 atom stereocenters. The molecule has 2 aromatic rings. The Balaban J connectivity index is 1.60. The number of carbonyl (C=O) groups excluding carboxylic acids is 1. The number of tetrazole rings is 1. The molecule has 2 N–H and O–H groups in total. The second-order valence-electron chi connectivity index (χ2n) is 6.95. The Morgan fingerprint density at radius 1 is 1.33 bits per heavy atom. The van der Waals surface area contributed by atoms with E-state index in [1.807, 2.05) is 31.2 Å². The standard InChI is InChI=1S/C18H27N7O2/c1-4-18(3,24-8-10-27-11-9-24)13-19-17(26)20-15-6-5-7-16(12-15)25-14(2)21-22-23-25/h5-7,12H,4,8-11,13H2,1-3H3,(H2,19,20,26)/t18-/m1/s1. The van der Waals surface area contributed by atoms with Crippen LogP contribution in [0.4, 0.5) is 10.5 Å².